The Morgan fingerprint density at radius 2 is 2.12 bits per heavy atom. The third kappa shape index (κ3) is 3.37. The summed E-state index contributed by atoms with van der Waals surface area (Å²) in [5, 5.41) is 11.6. The molecule has 0 saturated carbocycles. The van der Waals surface area contributed by atoms with Crippen molar-refractivity contribution in [2.45, 2.75) is 24.3 Å². The number of piperidine rings is 1. The van der Waals surface area contributed by atoms with Crippen LogP contribution in [0, 0.1) is 16.0 Å². The summed E-state index contributed by atoms with van der Waals surface area (Å²) < 4.78 is 25.9. The number of anilines is 1. The highest BCUT2D eigenvalue weighted by Crippen LogP contribution is 2.38. The lowest BCUT2D eigenvalue weighted by atomic mass is 9.93. The van der Waals surface area contributed by atoms with Crippen LogP contribution >= 0.6 is 0 Å². The van der Waals surface area contributed by atoms with Crippen molar-refractivity contribution in [2.24, 2.45) is 5.92 Å². The van der Waals surface area contributed by atoms with E-state index in [9.17, 15) is 18.5 Å². The lowest BCUT2D eigenvalue weighted by molar-refractivity contribution is -0.387. The third-order valence-electron chi connectivity index (χ3n) is 4.73. The zero-order chi connectivity index (χ0) is 18.2. The highest BCUT2D eigenvalue weighted by atomic mass is 32.2. The van der Waals surface area contributed by atoms with Crippen LogP contribution in [0.5, 0.6) is 0 Å². The molecule has 0 radical (unpaired) electrons. The van der Waals surface area contributed by atoms with Crippen molar-refractivity contribution in [2.75, 3.05) is 24.2 Å². The number of rotatable bonds is 4. The van der Waals surface area contributed by atoms with Gasteiger partial charge in [-0.25, -0.2) is 13.4 Å². The Bertz CT molecular complexity index is 880. The van der Waals surface area contributed by atoms with Gasteiger partial charge < -0.3 is 9.47 Å². The lowest BCUT2D eigenvalue weighted by Crippen LogP contribution is -2.40. The van der Waals surface area contributed by atoms with Gasteiger partial charge in [0.1, 0.15) is 10.6 Å². The van der Waals surface area contributed by atoms with Gasteiger partial charge >= 0.3 is 5.69 Å². The number of nitrogens with zero attached hydrogens (tertiary/aromatic N) is 4. The average molecular weight is 364 g/mol. The van der Waals surface area contributed by atoms with Crippen LogP contribution in [0.1, 0.15) is 19.4 Å². The van der Waals surface area contributed by atoms with E-state index in [4.69, 9.17) is 0 Å². The second-order valence-electron chi connectivity index (χ2n) is 6.44. The number of aromatic nitrogens is 2. The Labute approximate surface area is 146 Å². The summed E-state index contributed by atoms with van der Waals surface area (Å²) in [5.41, 5.74) is 0.00822. The van der Waals surface area contributed by atoms with Gasteiger partial charge in [-0.15, -0.1) is 0 Å². The monoisotopic (exact) mass is 364 g/mol. The fraction of sp³-hybridized carbons (Fsp3) is 0.438. The van der Waals surface area contributed by atoms with Crippen molar-refractivity contribution in [3.05, 3.63) is 47.0 Å². The Morgan fingerprint density at radius 3 is 2.72 bits per heavy atom. The van der Waals surface area contributed by atoms with Crippen LogP contribution in [0.2, 0.25) is 0 Å². The molecule has 0 bridgehead atoms. The van der Waals surface area contributed by atoms with E-state index < -0.39 is 14.8 Å². The summed E-state index contributed by atoms with van der Waals surface area (Å²) in [6.07, 6.45) is 7.17. The maximum absolute atomic E-state index is 12.0. The molecule has 3 rings (SSSR count). The minimum Gasteiger partial charge on any atom is -0.364 e. The first-order chi connectivity index (χ1) is 11.8. The molecule has 25 heavy (non-hydrogen) atoms. The molecule has 1 aromatic heterocycles. The lowest BCUT2D eigenvalue weighted by Gasteiger charge is -2.38. The molecular formula is C16H20N4O4S. The van der Waals surface area contributed by atoms with Gasteiger partial charge in [0.15, 0.2) is 9.84 Å². The number of hydrogen-bond donors (Lipinski definition) is 0. The summed E-state index contributed by atoms with van der Waals surface area (Å²) in [6.45, 7) is 3.34. The molecule has 1 saturated heterocycles. The van der Waals surface area contributed by atoms with Gasteiger partial charge in [0.25, 0.3) is 0 Å². The molecular weight excluding hydrogens is 344 g/mol. The zero-order valence-corrected chi connectivity index (χ0v) is 14.9. The van der Waals surface area contributed by atoms with Crippen molar-refractivity contribution in [1.82, 2.24) is 9.55 Å². The fourth-order valence-electron chi connectivity index (χ4n) is 3.37. The summed E-state index contributed by atoms with van der Waals surface area (Å²) in [4.78, 5) is 16.7. The Balaban J connectivity index is 2.03. The van der Waals surface area contributed by atoms with Crippen LogP contribution in [0.3, 0.4) is 0 Å². The molecule has 9 heteroatoms. The Kier molecular flexibility index (Phi) is 4.51. The third-order valence-corrected chi connectivity index (χ3v) is 5.86. The van der Waals surface area contributed by atoms with Crippen LogP contribution in [0.4, 0.5) is 11.4 Å². The summed E-state index contributed by atoms with van der Waals surface area (Å²) in [5.74, 6) is 0.391. The minimum absolute atomic E-state index is 0.123. The van der Waals surface area contributed by atoms with E-state index in [1.54, 1.807) is 24.7 Å². The number of nitro groups is 1. The van der Waals surface area contributed by atoms with Crippen molar-refractivity contribution in [3.63, 3.8) is 0 Å². The van der Waals surface area contributed by atoms with Crippen LogP contribution in [-0.4, -0.2) is 42.2 Å². The molecule has 134 valence electrons. The van der Waals surface area contributed by atoms with E-state index in [1.807, 2.05) is 15.7 Å². The van der Waals surface area contributed by atoms with Crippen molar-refractivity contribution < 1.29 is 13.3 Å². The molecule has 1 fully saturated rings. The van der Waals surface area contributed by atoms with Gasteiger partial charge in [-0.1, -0.05) is 13.0 Å². The van der Waals surface area contributed by atoms with Crippen LogP contribution in [0.15, 0.2) is 41.8 Å². The zero-order valence-electron chi connectivity index (χ0n) is 14.1. The van der Waals surface area contributed by atoms with E-state index in [0.29, 0.717) is 24.7 Å². The maximum Gasteiger partial charge on any atom is 0.311 e. The molecule has 0 N–H and O–H groups in total. The predicted octanol–water partition coefficient (Wildman–Crippen LogP) is 2.28. The summed E-state index contributed by atoms with van der Waals surface area (Å²) >= 11 is 0. The minimum atomic E-state index is -3.69. The number of imidazole rings is 1. The average Bonchev–Trinajstić information content (AvgIpc) is 3.08. The number of hydrogen-bond acceptors (Lipinski definition) is 6. The first-order valence-corrected chi connectivity index (χ1v) is 9.88. The second kappa shape index (κ2) is 6.47. The van der Waals surface area contributed by atoms with Gasteiger partial charge in [-0.3, -0.25) is 10.1 Å². The number of benzene rings is 1. The first kappa shape index (κ1) is 17.4. The highest BCUT2D eigenvalue weighted by molar-refractivity contribution is 7.90. The summed E-state index contributed by atoms with van der Waals surface area (Å²) in [6, 6.07) is 4.59. The van der Waals surface area contributed by atoms with E-state index in [-0.39, 0.29) is 16.6 Å². The Hall–Kier alpha value is -2.42. The first-order valence-electron chi connectivity index (χ1n) is 7.99. The molecule has 2 heterocycles. The van der Waals surface area contributed by atoms with Gasteiger partial charge in [0.05, 0.1) is 17.3 Å². The molecule has 1 aromatic carbocycles. The second-order valence-corrected chi connectivity index (χ2v) is 8.43. The summed E-state index contributed by atoms with van der Waals surface area (Å²) in [7, 11) is -3.69. The molecule has 1 aliphatic rings. The highest BCUT2D eigenvalue weighted by Gasteiger charge is 2.33. The van der Waals surface area contributed by atoms with Crippen molar-refractivity contribution in [3.8, 4) is 0 Å². The van der Waals surface area contributed by atoms with Gasteiger partial charge in [-0.2, -0.15) is 0 Å². The normalized spacial score (nSPS) is 21.3. The topological polar surface area (TPSA) is 98.3 Å². The van der Waals surface area contributed by atoms with Crippen LogP contribution < -0.4 is 4.90 Å². The molecule has 0 spiro atoms. The molecule has 2 unspecified atom stereocenters. The fourth-order valence-corrected chi connectivity index (χ4v) is 4.23. The van der Waals surface area contributed by atoms with Crippen molar-refractivity contribution in [1.29, 1.82) is 0 Å². The van der Waals surface area contributed by atoms with E-state index in [1.165, 1.54) is 6.07 Å². The van der Waals surface area contributed by atoms with Crippen LogP contribution in [0.25, 0.3) is 0 Å². The molecule has 8 nitrogen and oxygen atoms in total. The smallest absolute Gasteiger partial charge is 0.311 e. The van der Waals surface area contributed by atoms with E-state index >= 15 is 0 Å². The number of para-hydroxylation sites is 1. The number of sulfone groups is 1. The molecule has 0 aliphatic carbocycles. The molecule has 0 amide bonds. The van der Waals surface area contributed by atoms with Crippen molar-refractivity contribution >= 4 is 21.2 Å². The largest absolute Gasteiger partial charge is 0.364 e. The standard InChI is InChI=1S/C16H20N4O4S/c1-12-6-8-18(10-14(12)19-9-7-17-11-19)13-4-3-5-15(25(2,23)24)16(13)20(21)22/h3-5,7,9,11-12,14H,6,8,10H2,1-2H3. The maximum atomic E-state index is 12.0. The molecule has 2 atom stereocenters. The van der Waals surface area contributed by atoms with E-state index in [2.05, 4.69) is 11.9 Å². The SMILES string of the molecule is CC1CCN(c2cccc(S(C)(=O)=O)c2[N+](=O)[O-])CC1n1ccnc1. The van der Waals surface area contributed by atoms with E-state index in [0.717, 1.165) is 12.7 Å². The number of nitro benzene ring substituents is 1. The quantitative estimate of drug-likeness (QED) is 0.610. The van der Waals surface area contributed by atoms with Gasteiger partial charge in [0, 0.05) is 31.7 Å². The molecule has 1 aliphatic heterocycles. The molecule has 2 aromatic rings. The van der Waals surface area contributed by atoms with Gasteiger partial charge in [-0.05, 0) is 24.5 Å². The Morgan fingerprint density at radius 1 is 1.36 bits per heavy atom. The predicted molar refractivity (Wildman–Crippen MR) is 93.5 cm³/mol. The van der Waals surface area contributed by atoms with Gasteiger partial charge in [0.2, 0.25) is 0 Å². The van der Waals surface area contributed by atoms with Crippen LogP contribution in [-0.2, 0) is 9.84 Å².